The first-order valence-electron chi connectivity index (χ1n) is 9.53. The highest BCUT2D eigenvalue weighted by Crippen LogP contribution is 2.38. The predicted octanol–water partition coefficient (Wildman–Crippen LogP) is 6.76. The van der Waals surface area contributed by atoms with Gasteiger partial charge in [-0.1, -0.05) is 29.4 Å². The monoisotopic (exact) mass is 480 g/mol. The Labute approximate surface area is 187 Å². The molecule has 0 saturated heterocycles. The van der Waals surface area contributed by atoms with Crippen LogP contribution in [0.2, 0.25) is 0 Å². The van der Waals surface area contributed by atoms with E-state index < -0.39 is 35.2 Å². The van der Waals surface area contributed by atoms with E-state index in [1.165, 1.54) is 12.1 Å². The molecule has 4 rings (SSSR count). The molecule has 1 heterocycles. The maximum atomic E-state index is 13.0. The number of carbonyl (C=O) groups is 1. The molecule has 3 aromatic carbocycles. The number of nitrogens with two attached hydrogens (primary N) is 1. The number of rotatable bonds is 3. The average molecular weight is 480 g/mol. The minimum atomic E-state index is -5.03. The first kappa shape index (κ1) is 23.0. The lowest BCUT2D eigenvalue weighted by atomic mass is 10.0. The number of hydrogen-bond acceptors (Lipinski definition) is 4. The molecule has 0 aliphatic rings. The summed E-state index contributed by atoms with van der Waals surface area (Å²) in [5, 5.41) is 8.68. The highest BCUT2D eigenvalue weighted by atomic mass is 19.4. The summed E-state index contributed by atoms with van der Waals surface area (Å²) in [7, 11) is 0. The molecule has 1 aromatic heterocycles. The standard InChI is InChI=1S/C22H14F6N4O2/c23-21(24,25)12-8-13(22(26,27)28)10-15(9-12)31-20(33)30-14-6-4-11(5-7-14)16-2-1-3-17-18(16)19(29)32-34-17/h1-10H,(H2,29,32)(H2,30,31,33). The van der Waals surface area contributed by atoms with Gasteiger partial charge in [-0.3, -0.25) is 0 Å². The fourth-order valence-electron chi connectivity index (χ4n) is 3.31. The number of halogens is 6. The van der Waals surface area contributed by atoms with Crippen LogP contribution in [0.15, 0.2) is 65.2 Å². The summed E-state index contributed by atoms with van der Waals surface area (Å²) < 4.78 is 83.0. The lowest BCUT2D eigenvalue weighted by Gasteiger charge is -2.15. The molecule has 0 fully saturated rings. The molecular formula is C22H14F6N4O2. The lowest BCUT2D eigenvalue weighted by Crippen LogP contribution is -2.20. The van der Waals surface area contributed by atoms with Crippen LogP contribution in [-0.2, 0) is 12.4 Å². The number of alkyl halides is 6. The number of fused-ring (bicyclic) bond motifs is 1. The molecule has 4 aromatic rings. The number of hydrogen-bond donors (Lipinski definition) is 3. The van der Waals surface area contributed by atoms with Crippen molar-refractivity contribution in [2.24, 2.45) is 0 Å². The number of aromatic nitrogens is 1. The highest BCUT2D eigenvalue weighted by molar-refractivity contribution is 6.02. The molecule has 176 valence electrons. The summed E-state index contributed by atoms with van der Waals surface area (Å²) in [5.74, 6) is 0.200. The van der Waals surface area contributed by atoms with E-state index in [4.69, 9.17) is 10.3 Å². The maximum Gasteiger partial charge on any atom is 0.416 e. The van der Waals surface area contributed by atoms with E-state index in [1.807, 2.05) is 5.32 Å². The van der Waals surface area contributed by atoms with Crippen LogP contribution in [0.4, 0.5) is 48.3 Å². The molecule has 4 N–H and O–H groups in total. The van der Waals surface area contributed by atoms with E-state index in [1.54, 1.807) is 30.3 Å². The molecular weight excluding hydrogens is 466 g/mol. The van der Waals surface area contributed by atoms with Crippen molar-refractivity contribution in [3.05, 3.63) is 71.8 Å². The van der Waals surface area contributed by atoms with E-state index in [9.17, 15) is 31.1 Å². The second-order valence-electron chi connectivity index (χ2n) is 7.20. The average Bonchev–Trinajstić information content (AvgIpc) is 3.14. The molecule has 0 atom stereocenters. The second kappa shape index (κ2) is 8.28. The third-order valence-corrected chi connectivity index (χ3v) is 4.82. The minimum Gasteiger partial charge on any atom is -0.380 e. The van der Waals surface area contributed by atoms with Gasteiger partial charge in [-0.2, -0.15) is 26.3 Å². The third kappa shape index (κ3) is 4.75. The molecule has 0 unspecified atom stereocenters. The smallest absolute Gasteiger partial charge is 0.380 e. The molecule has 0 aliphatic heterocycles. The van der Waals surface area contributed by atoms with Gasteiger partial charge in [0.15, 0.2) is 11.4 Å². The van der Waals surface area contributed by atoms with Gasteiger partial charge >= 0.3 is 18.4 Å². The molecule has 34 heavy (non-hydrogen) atoms. The van der Waals surface area contributed by atoms with Crippen molar-refractivity contribution in [2.75, 3.05) is 16.4 Å². The first-order valence-corrected chi connectivity index (χ1v) is 9.53. The van der Waals surface area contributed by atoms with Gasteiger partial charge in [0.1, 0.15) is 0 Å². The summed E-state index contributed by atoms with van der Waals surface area (Å²) in [6, 6.07) is 11.3. The van der Waals surface area contributed by atoms with Crippen molar-refractivity contribution in [3.63, 3.8) is 0 Å². The van der Waals surface area contributed by atoms with E-state index in [0.29, 0.717) is 28.7 Å². The summed E-state index contributed by atoms with van der Waals surface area (Å²) in [6.45, 7) is 0. The molecule has 0 radical (unpaired) electrons. The van der Waals surface area contributed by atoms with Crippen molar-refractivity contribution >= 4 is 34.2 Å². The largest absolute Gasteiger partial charge is 0.416 e. The number of urea groups is 1. The topological polar surface area (TPSA) is 93.2 Å². The van der Waals surface area contributed by atoms with Crippen LogP contribution in [0.1, 0.15) is 11.1 Å². The zero-order valence-electron chi connectivity index (χ0n) is 16.9. The Morgan fingerprint density at radius 3 is 2.00 bits per heavy atom. The summed E-state index contributed by atoms with van der Waals surface area (Å²) in [5.41, 5.74) is 4.26. The Morgan fingerprint density at radius 1 is 0.824 bits per heavy atom. The van der Waals surface area contributed by atoms with E-state index in [2.05, 4.69) is 10.5 Å². The lowest BCUT2D eigenvalue weighted by molar-refractivity contribution is -0.143. The number of nitrogen functional groups attached to an aromatic ring is 1. The van der Waals surface area contributed by atoms with Crippen LogP contribution in [0.25, 0.3) is 22.1 Å². The van der Waals surface area contributed by atoms with Crippen LogP contribution >= 0.6 is 0 Å². The molecule has 6 nitrogen and oxygen atoms in total. The predicted molar refractivity (Wildman–Crippen MR) is 113 cm³/mol. The number of anilines is 3. The van der Waals surface area contributed by atoms with E-state index in [0.717, 1.165) is 5.56 Å². The van der Waals surface area contributed by atoms with Crippen LogP contribution in [0.3, 0.4) is 0 Å². The fourth-order valence-corrected chi connectivity index (χ4v) is 3.31. The Bertz CT molecular complexity index is 1330. The van der Waals surface area contributed by atoms with Crippen molar-refractivity contribution in [3.8, 4) is 11.1 Å². The van der Waals surface area contributed by atoms with Gasteiger partial charge in [0.25, 0.3) is 0 Å². The van der Waals surface area contributed by atoms with Gasteiger partial charge in [-0.25, -0.2) is 4.79 Å². The highest BCUT2D eigenvalue weighted by Gasteiger charge is 2.37. The van der Waals surface area contributed by atoms with Crippen LogP contribution in [0.5, 0.6) is 0 Å². The summed E-state index contributed by atoms with van der Waals surface area (Å²) in [4.78, 5) is 12.2. The zero-order chi connectivity index (χ0) is 24.7. The Kier molecular flexibility index (Phi) is 5.59. The molecule has 0 bridgehead atoms. The Hall–Kier alpha value is -4.22. The van der Waals surface area contributed by atoms with Crippen LogP contribution < -0.4 is 16.4 Å². The Morgan fingerprint density at radius 2 is 1.41 bits per heavy atom. The SMILES string of the molecule is Nc1noc2cccc(-c3ccc(NC(=O)Nc4cc(C(F)(F)F)cc(C(F)(F)F)c4)cc3)c12. The second-order valence-corrected chi connectivity index (χ2v) is 7.20. The van der Waals surface area contributed by atoms with Gasteiger partial charge < -0.3 is 20.9 Å². The maximum absolute atomic E-state index is 13.0. The van der Waals surface area contributed by atoms with E-state index >= 15 is 0 Å². The summed E-state index contributed by atoms with van der Waals surface area (Å²) >= 11 is 0. The number of amides is 2. The molecule has 0 saturated carbocycles. The van der Waals surface area contributed by atoms with Crippen molar-refractivity contribution < 1.29 is 35.7 Å². The minimum absolute atomic E-state index is 0.0232. The Balaban J connectivity index is 1.53. The van der Waals surface area contributed by atoms with Crippen LogP contribution in [-0.4, -0.2) is 11.2 Å². The van der Waals surface area contributed by atoms with Gasteiger partial charge in [0.05, 0.1) is 16.5 Å². The van der Waals surface area contributed by atoms with Crippen molar-refractivity contribution in [1.82, 2.24) is 5.16 Å². The van der Waals surface area contributed by atoms with Gasteiger partial charge in [-0.05, 0) is 47.5 Å². The molecule has 2 amide bonds. The summed E-state index contributed by atoms with van der Waals surface area (Å²) in [6.07, 6.45) is -10.1. The normalized spacial score (nSPS) is 12.1. The number of benzene rings is 3. The molecule has 0 spiro atoms. The quantitative estimate of drug-likeness (QED) is 0.283. The zero-order valence-corrected chi connectivity index (χ0v) is 16.9. The first-order chi connectivity index (χ1) is 15.9. The van der Waals surface area contributed by atoms with Gasteiger partial charge in [0, 0.05) is 11.4 Å². The van der Waals surface area contributed by atoms with E-state index in [-0.39, 0.29) is 17.6 Å². The molecule has 0 aliphatic carbocycles. The number of nitrogens with zero attached hydrogens (tertiary/aromatic N) is 1. The van der Waals surface area contributed by atoms with Crippen molar-refractivity contribution in [2.45, 2.75) is 12.4 Å². The third-order valence-electron chi connectivity index (χ3n) is 4.82. The fraction of sp³-hybridized carbons (Fsp3) is 0.0909. The van der Waals surface area contributed by atoms with Crippen LogP contribution in [0, 0.1) is 0 Å². The number of carbonyl (C=O) groups excluding carboxylic acids is 1. The van der Waals surface area contributed by atoms with Gasteiger partial charge in [0.2, 0.25) is 0 Å². The molecule has 12 heteroatoms. The number of nitrogens with one attached hydrogen (secondary N) is 2. The van der Waals surface area contributed by atoms with Crippen molar-refractivity contribution in [1.29, 1.82) is 0 Å². The van der Waals surface area contributed by atoms with Gasteiger partial charge in [-0.15, -0.1) is 0 Å².